The summed E-state index contributed by atoms with van der Waals surface area (Å²) in [7, 11) is 0. The van der Waals surface area contributed by atoms with Crippen molar-refractivity contribution in [1.82, 2.24) is 0 Å². The summed E-state index contributed by atoms with van der Waals surface area (Å²) in [5, 5.41) is 0.599. The first-order valence-corrected chi connectivity index (χ1v) is 6.60. The van der Waals surface area contributed by atoms with E-state index in [0.29, 0.717) is 30.1 Å². The zero-order chi connectivity index (χ0) is 12.5. The first-order chi connectivity index (χ1) is 8.75. The van der Waals surface area contributed by atoms with Crippen LogP contribution in [0.3, 0.4) is 0 Å². The van der Waals surface area contributed by atoms with E-state index in [4.69, 9.17) is 9.15 Å². The van der Waals surface area contributed by atoms with Crippen molar-refractivity contribution >= 4 is 32.8 Å². The molecule has 0 bridgehead atoms. The van der Waals surface area contributed by atoms with Gasteiger partial charge in [-0.2, -0.15) is 0 Å². The molecular weight excluding hydrogens is 298 g/mol. The van der Waals surface area contributed by atoms with Crippen molar-refractivity contribution in [2.75, 3.05) is 31.2 Å². The third kappa shape index (κ3) is 2.04. The topological polar surface area (TPSA) is 42.7 Å². The highest BCUT2D eigenvalue weighted by molar-refractivity contribution is 9.10. The van der Waals surface area contributed by atoms with E-state index >= 15 is 0 Å². The van der Waals surface area contributed by atoms with Crippen molar-refractivity contribution in [1.29, 1.82) is 0 Å². The molecule has 1 aliphatic rings. The number of anilines is 1. The predicted molar refractivity (Wildman–Crippen MR) is 73.2 cm³/mol. The Kier molecular flexibility index (Phi) is 3.09. The van der Waals surface area contributed by atoms with Crippen LogP contribution in [0.2, 0.25) is 0 Å². The van der Waals surface area contributed by atoms with Gasteiger partial charge in [0.1, 0.15) is 0 Å². The number of halogens is 1. The van der Waals surface area contributed by atoms with Crippen LogP contribution < -0.4 is 10.3 Å². The first-order valence-electron chi connectivity index (χ1n) is 5.81. The molecule has 0 spiro atoms. The van der Waals surface area contributed by atoms with Crippen LogP contribution >= 0.6 is 15.9 Å². The van der Waals surface area contributed by atoms with Crippen LogP contribution in [0.15, 0.2) is 37.9 Å². The van der Waals surface area contributed by atoms with Gasteiger partial charge < -0.3 is 14.1 Å². The minimum Gasteiger partial charge on any atom is -0.439 e. The van der Waals surface area contributed by atoms with Gasteiger partial charge in [0.2, 0.25) is 0 Å². The fourth-order valence-corrected chi connectivity index (χ4v) is 2.52. The maximum atomic E-state index is 12.1. The number of rotatable bonds is 1. The van der Waals surface area contributed by atoms with E-state index in [-0.39, 0.29) is 5.43 Å². The minimum atomic E-state index is -0.0148. The van der Waals surface area contributed by atoms with Crippen LogP contribution in [0.25, 0.3) is 11.0 Å². The van der Waals surface area contributed by atoms with E-state index in [9.17, 15) is 4.79 Å². The smallest absolute Gasteiger partial charge is 0.200 e. The van der Waals surface area contributed by atoms with Crippen LogP contribution in [0.4, 0.5) is 5.88 Å². The number of hydrogen-bond donors (Lipinski definition) is 0. The molecule has 3 rings (SSSR count). The fourth-order valence-electron chi connectivity index (χ4n) is 2.07. The zero-order valence-electron chi connectivity index (χ0n) is 9.69. The molecule has 5 heteroatoms. The second-order valence-corrected chi connectivity index (χ2v) is 5.02. The third-order valence-corrected chi connectivity index (χ3v) is 3.64. The molecular formula is C13H12BrNO3. The summed E-state index contributed by atoms with van der Waals surface area (Å²) in [5.74, 6) is 0.614. The maximum Gasteiger partial charge on any atom is 0.200 e. The van der Waals surface area contributed by atoms with E-state index in [0.717, 1.165) is 17.6 Å². The van der Waals surface area contributed by atoms with Gasteiger partial charge in [0.15, 0.2) is 16.9 Å². The second kappa shape index (κ2) is 4.74. The molecule has 0 N–H and O–H groups in total. The quantitative estimate of drug-likeness (QED) is 0.811. The molecule has 1 saturated heterocycles. The maximum absolute atomic E-state index is 12.1. The highest BCUT2D eigenvalue weighted by Gasteiger charge is 2.16. The van der Waals surface area contributed by atoms with E-state index in [2.05, 4.69) is 15.9 Å². The summed E-state index contributed by atoms with van der Waals surface area (Å²) >= 11 is 3.41. The minimum absolute atomic E-state index is 0.0148. The Morgan fingerprint density at radius 1 is 1.22 bits per heavy atom. The summed E-state index contributed by atoms with van der Waals surface area (Å²) in [5.41, 5.74) is 0.588. The molecule has 0 amide bonds. The lowest BCUT2D eigenvalue weighted by Crippen LogP contribution is -2.36. The molecule has 2 aromatic rings. The standard InChI is InChI=1S/C13H12BrNO3/c14-10-3-1-2-9-11(16)8-12(18-13(9)10)15-4-6-17-7-5-15/h1-3,8H,4-7H2. The van der Waals surface area contributed by atoms with Gasteiger partial charge in [0, 0.05) is 19.2 Å². The number of fused-ring (bicyclic) bond motifs is 1. The Balaban J connectivity index is 2.14. The summed E-state index contributed by atoms with van der Waals surface area (Å²) in [6, 6.07) is 7.03. The summed E-state index contributed by atoms with van der Waals surface area (Å²) in [6.07, 6.45) is 0. The van der Waals surface area contributed by atoms with Gasteiger partial charge in [0.25, 0.3) is 0 Å². The molecule has 0 unspecified atom stereocenters. The molecule has 0 aliphatic carbocycles. The van der Waals surface area contributed by atoms with E-state index < -0.39 is 0 Å². The van der Waals surface area contributed by atoms with E-state index in [1.807, 2.05) is 17.0 Å². The lowest BCUT2D eigenvalue weighted by atomic mass is 10.2. The van der Waals surface area contributed by atoms with Crippen LogP contribution in [0.1, 0.15) is 0 Å². The van der Waals surface area contributed by atoms with Gasteiger partial charge >= 0.3 is 0 Å². The van der Waals surface area contributed by atoms with Gasteiger partial charge in [0.05, 0.1) is 23.1 Å². The van der Waals surface area contributed by atoms with Crippen molar-refractivity contribution in [2.24, 2.45) is 0 Å². The predicted octanol–water partition coefficient (Wildman–Crippen LogP) is 2.39. The van der Waals surface area contributed by atoms with Crippen molar-refractivity contribution < 1.29 is 9.15 Å². The molecule has 1 aliphatic heterocycles. The number of benzene rings is 1. The largest absolute Gasteiger partial charge is 0.439 e. The average molecular weight is 310 g/mol. The van der Waals surface area contributed by atoms with Crippen molar-refractivity contribution in [3.8, 4) is 0 Å². The molecule has 1 fully saturated rings. The van der Waals surface area contributed by atoms with Crippen LogP contribution in [-0.4, -0.2) is 26.3 Å². The SMILES string of the molecule is O=c1cc(N2CCOCC2)oc2c(Br)cccc12. The molecule has 0 saturated carbocycles. The molecule has 1 aromatic carbocycles. The first kappa shape index (κ1) is 11.7. The Morgan fingerprint density at radius 2 is 2.00 bits per heavy atom. The lowest BCUT2D eigenvalue weighted by Gasteiger charge is -2.27. The Labute approximate surface area is 112 Å². The van der Waals surface area contributed by atoms with Crippen molar-refractivity contribution in [3.63, 3.8) is 0 Å². The highest BCUT2D eigenvalue weighted by atomic mass is 79.9. The average Bonchev–Trinajstić information content (AvgIpc) is 2.41. The molecule has 4 nitrogen and oxygen atoms in total. The second-order valence-electron chi connectivity index (χ2n) is 4.16. The van der Waals surface area contributed by atoms with E-state index in [1.54, 1.807) is 12.1 Å². The van der Waals surface area contributed by atoms with Gasteiger partial charge in [-0.1, -0.05) is 6.07 Å². The molecule has 1 aromatic heterocycles. The number of hydrogen-bond acceptors (Lipinski definition) is 4. The number of morpholine rings is 1. The van der Waals surface area contributed by atoms with Gasteiger partial charge in [-0.3, -0.25) is 4.79 Å². The van der Waals surface area contributed by atoms with Gasteiger partial charge in [-0.15, -0.1) is 0 Å². The number of nitrogens with zero attached hydrogens (tertiary/aromatic N) is 1. The Morgan fingerprint density at radius 3 is 2.78 bits per heavy atom. The molecule has 2 heterocycles. The fraction of sp³-hybridized carbons (Fsp3) is 0.308. The molecule has 94 valence electrons. The number of para-hydroxylation sites is 1. The molecule has 0 atom stereocenters. The highest BCUT2D eigenvalue weighted by Crippen LogP contribution is 2.26. The van der Waals surface area contributed by atoms with Crippen LogP contribution in [-0.2, 0) is 4.74 Å². The monoisotopic (exact) mass is 309 g/mol. The summed E-state index contributed by atoms with van der Waals surface area (Å²) in [4.78, 5) is 14.1. The van der Waals surface area contributed by atoms with Crippen molar-refractivity contribution in [3.05, 3.63) is 39.0 Å². The Hall–Kier alpha value is -1.33. The number of ether oxygens (including phenoxy) is 1. The third-order valence-electron chi connectivity index (χ3n) is 3.02. The lowest BCUT2D eigenvalue weighted by molar-refractivity contribution is 0.121. The van der Waals surface area contributed by atoms with E-state index in [1.165, 1.54) is 0 Å². The van der Waals surface area contributed by atoms with Crippen molar-refractivity contribution in [2.45, 2.75) is 0 Å². The van der Waals surface area contributed by atoms with Gasteiger partial charge in [-0.05, 0) is 28.1 Å². The zero-order valence-corrected chi connectivity index (χ0v) is 11.3. The van der Waals surface area contributed by atoms with Gasteiger partial charge in [-0.25, -0.2) is 0 Å². The van der Waals surface area contributed by atoms with Crippen LogP contribution in [0.5, 0.6) is 0 Å². The van der Waals surface area contributed by atoms with Crippen LogP contribution in [0, 0.1) is 0 Å². The summed E-state index contributed by atoms with van der Waals surface area (Å²) in [6.45, 7) is 2.83. The Bertz CT molecular complexity index is 632. The normalized spacial score (nSPS) is 16.2. The summed E-state index contributed by atoms with van der Waals surface area (Å²) < 4.78 is 11.9. The molecule has 0 radical (unpaired) electrons. The molecule has 18 heavy (non-hydrogen) atoms.